The molecule has 0 aromatic rings. The summed E-state index contributed by atoms with van der Waals surface area (Å²) in [4.78, 5) is 0. The van der Waals surface area contributed by atoms with Crippen LogP contribution in [0, 0.1) is 17.3 Å². The van der Waals surface area contributed by atoms with Gasteiger partial charge >= 0.3 is 0 Å². The van der Waals surface area contributed by atoms with Crippen molar-refractivity contribution in [3.8, 4) is 0 Å². The van der Waals surface area contributed by atoms with Crippen LogP contribution in [-0.2, 0) is 0 Å². The molecule has 1 aliphatic carbocycles. The zero-order valence-electron chi connectivity index (χ0n) is 12.0. The highest BCUT2D eigenvalue weighted by atomic mass is 14.4. The monoisotopic (exact) mass is 224 g/mol. The first-order valence-electron chi connectivity index (χ1n) is 7.57. The van der Waals surface area contributed by atoms with Gasteiger partial charge in [0.25, 0.3) is 0 Å². The van der Waals surface area contributed by atoms with E-state index in [1.54, 1.807) is 0 Å². The second kappa shape index (κ2) is 6.67. The normalized spacial score (nSPS) is 22.9. The minimum absolute atomic E-state index is 0.665. The molecule has 96 valence electrons. The van der Waals surface area contributed by atoms with Gasteiger partial charge in [0.15, 0.2) is 0 Å². The second-order valence-electron chi connectivity index (χ2n) is 6.74. The van der Waals surface area contributed by atoms with Crippen LogP contribution >= 0.6 is 0 Å². The first-order chi connectivity index (χ1) is 7.57. The highest BCUT2D eigenvalue weighted by molar-refractivity contribution is 4.84. The van der Waals surface area contributed by atoms with E-state index in [9.17, 15) is 0 Å². The Balaban J connectivity index is 2.68. The van der Waals surface area contributed by atoms with Crippen molar-refractivity contribution in [3.63, 3.8) is 0 Å². The molecule has 1 saturated carbocycles. The number of hydrogen-bond acceptors (Lipinski definition) is 0. The molecular formula is C16H32. The summed E-state index contributed by atoms with van der Waals surface area (Å²) in [5.41, 5.74) is 0.665. The molecule has 0 saturated heterocycles. The van der Waals surface area contributed by atoms with Gasteiger partial charge in [-0.05, 0) is 36.5 Å². The van der Waals surface area contributed by atoms with Gasteiger partial charge in [-0.15, -0.1) is 0 Å². The molecule has 0 bridgehead atoms. The fraction of sp³-hybridized carbons (Fsp3) is 1.00. The lowest BCUT2D eigenvalue weighted by Gasteiger charge is -2.39. The summed E-state index contributed by atoms with van der Waals surface area (Å²) in [7, 11) is 0. The third-order valence-corrected chi connectivity index (χ3v) is 4.64. The third-order valence-electron chi connectivity index (χ3n) is 4.64. The van der Waals surface area contributed by atoms with Gasteiger partial charge in [-0.3, -0.25) is 0 Å². The molecule has 0 aromatic heterocycles. The predicted molar refractivity (Wildman–Crippen MR) is 73.7 cm³/mol. The van der Waals surface area contributed by atoms with Crippen LogP contribution in [0.5, 0.6) is 0 Å². The average molecular weight is 224 g/mol. The Morgan fingerprint density at radius 1 is 0.750 bits per heavy atom. The van der Waals surface area contributed by atoms with E-state index < -0.39 is 0 Å². The second-order valence-corrected chi connectivity index (χ2v) is 6.74. The molecule has 0 atom stereocenters. The van der Waals surface area contributed by atoms with Crippen molar-refractivity contribution in [3.05, 3.63) is 0 Å². The molecule has 0 heterocycles. The summed E-state index contributed by atoms with van der Waals surface area (Å²) in [5.74, 6) is 1.73. The van der Waals surface area contributed by atoms with Crippen LogP contribution in [0.15, 0.2) is 0 Å². The molecule has 0 N–H and O–H groups in total. The zero-order chi connectivity index (χ0) is 12.0. The van der Waals surface area contributed by atoms with E-state index >= 15 is 0 Å². The number of rotatable bonds is 3. The van der Waals surface area contributed by atoms with E-state index in [1.807, 2.05) is 0 Å². The molecule has 0 radical (unpaired) electrons. The van der Waals surface area contributed by atoms with Crippen LogP contribution in [0.4, 0.5) is 0 Å². The molecule has 0 nitrogen and oxygen atoms in total. The molecule has 1 rings (SSSR count). The largest absolute Gasteiger partial charge is 0.0628 e. The van der Waals surface area contributed by atoms with Crippen molar-refractivity contribution in [2.75, 3.05) is 0 Å². The Kier molecular flexibility index (Phi) is 5.86. The molecule has 16 heavy (non-hydrogen) atoms. The minimum Gasteiger partial charge on any atom is -0.0628 e. The lowest BCUT2D eigenvalue weighted by molar-refractivity contribution is 0.112. The van der Waals surface area contributed by atoms with Crippen LogP contribution in [0.1, 0.15) is 85.5 Å². The molecule has 1 fully saturated rings. The first-order valence-corrected chi connectivity index (χ1v) is 7.57. The Labute approximate surface area is 103 Å². The van der Waals surface area contributed by atoms with Crippen LogP contribution in [0.25, 0.3) is 0 Å². The summed E-state index contributed by atoms with van der Waals surface area (Å²) < 4.78 is 0. The summed E-state index contributed by atoms with van der Waals surface area (Å²) >= 11 is 0. The van der Waals surface area contributed by atoms with Gasteiger partial charge in [0, 0.05) is 0 Å². The fourth-order valence-electron chi connectivity index (χ4n) is 3.62. The number of hydrogen-bond donors (Lipinski definition) is 0. The highest BCUT2D eigenvalue weighted by Crippen LogP contribution is 2.44. The molecule has 1 aliphatic rings. The average Bonchev–Trinajstić information content (AvgIpc) is 2.30. The molecular weight excluding hydrogens is 192 g/mol. The quantitative estimate of drug-likeness (QED) is 0.567. The Bertz CT molecular complexity index is 168. The van der Waals surface area contributed by atoms with E-state index in [-0.39, 0.29) is 0 Å². The van der Waals surface area contributed by atoms with Crippen molar-refractivity contribution < 1.29 is 0 Å². The van der Waals surface area contributed by atoms with Crippen LogP contribution in [-0.4, -0.2) is 0 Å². The van der Waals surface area contributed by atoms with Gasteiger partial charge in [0.05, 0.1) is 0 Å². The van der Waals surface area contributed by atoms with E-state index in [4.69, 9.17) is 0 Å². The summed E-state index contributed by atoms with van der Waals surface area (Å²) in [6.45, 7) is 9.72. The van der Waals surface area contributed by atoms with Crippen LogP contribution in [0.3, 0.4) is 0 Å². The molecule has 0 unspecified atom stereocenters. The lowest BCUT2D eigenvalue weighted by atomic mass is 9.66. The van der Waals surface area contributed by atoms with Gasteiger partial charge in [-0.2, -0.15) is 0 Å². The predicted octanol–water partition coefficient (Wildman–Crippen LogP) is 5.81. The first kappa shape index (κ1) is 14.1. The smallest absolute Gasteiger partial charge is 0.0272 e. The van der Waals surface area contributed by atoms with E-state index in [0.29, 0.717) is 5.41 Å². The van der Waals surface area contributed by atoms with Gasteiger partial charge in [0.2, 0.25) is 0 Å². The summed E-state index contributed by atoms with van der Waals surface area (Å²) in [5, 5.41) is 0. The molecule has 0 spiro atoms. The Hall–Kier alpha value is 0. The van der Waals surface area contributed by atoms with E-state index in [2.05, 4.69) is 27.7 Å². The standard InChI is InChI=1S/C16H32/c1-14(2)13-16(15(3)4)11-9-7-5-6-8-10-12-16/h14-15H,5-13H2,1-4H3. The molecule has 0 aromatic carbocycles. The summed E-state index contributed by atoms with van der Waals surface area (Å²) in [6, 6.07) is 0. The fourth-order valence-corrected chi connectivity index (χ4v) is 3.62. The minimum atomic E-state index is 0.665. The SMILES string of the molecule is CC(C)CC1(C(C)C)CCCCCCCC1. The molecule has 0 heteroatoms. The van der Waals surface area contributed by atoms with Gasteiger partial charge in [0.1, 0.15) is 0 Å². The lowest BCUT2D eigenvalue weighted by Crippen LogP contribution is -2.29. The van der Waals surface area contributed by atoms with Crippen molar-refractivity contribution in [2.45, 2.75) is 85.5 Å². The van der Waals surface area contributed by atoms with Gasteiger partial charge in [-0.25, -0.2) is 0 Å². The Morgan fingerprint density at radius 2 is 1.19 bits per heavy atom. The van der Waals surface area contributed by atoms with Crippen molar-refractivity contribution in [1.29, 1.82) is 0 Å². The van der Waals surface area contributed by atoms with Crippen molar-refractivity contribution >= 4 is 0 Å². The topological polar surface area (TPSA) is 0 Å². The van der Waals surface area contributed by atoms with Crippen LogP contribution < -0.4 is 0 Å². The maximum atomic E-state index is 2.46. The summed E-state index contributed by atoms with van der Waals surface area (Å²) in [6.07, 6.45) is 13.3. The molecule has 0 aliphatic heterocycles. The molecule has 0 amide bonds. The van der Waals surface area contributed by atoms with Crippen molar-refractivity contribution in [1.82, 2.24) is 0 Å². The maximum absolute atomic E-state index is 2.46. The highest BCUT2D eigenvalue weighted by Gasteiger charge is 2.33. The van der Waals surface area contributed by atoms with Crippen molar-refractivity contribution in [2.24, 2.45) is 17.3 Å². The van der Waals surface area contributed by atoms with Crippen LogP contribution in [0.2, 0.25) is 0 Å². The van der Waals surface area contributed by atoms with E-state index in [0.717, 1.165) is 11.8 Å². The van der Waals surface area contributed by atoms with Gasteiger partial charge in [-0.1, -0.05) is 66.2 Å². The Morgan fingerprint density at radius 3 is 1.56 bits per heavy atom. The maximum Gasteiger partial charge on any atom is -0.0272 e. The van der Waals surface area contributed by atoms with E-state index in [1.165, 1.54) is 57.8 Å². The van der Waals surface area contributed by atoms with Gasteiger partial charge < -0.3 is 0 Å². The third kappa shape index (κ3) is 4.11. The zero-order valence-corrected chi connectivity index (χ0v) is 12.0.